The van der Waals surface area contributed by atoms with E-state index in [1.54, 1.807) is 6.20 Å². The monoisotopic (exact) mass is 407 g/mol. The van der Waals surface area contributed by atoms with Crippen molar-refractivity contribution in [1.29, 1.82) is 0 Å². The van der Waals surface area contributed by atoms with Crippen LogP contribution in [0.5, 0.6) is 0 Å². The van der Waals surface area contributed by atoms with E-state index in [1.165, 1.54) is 30.2 Å². The summed E-state index contributed by atoms with van der Waals surface area (Å²) in [6.07, 6.45) is 7.96. The molecule has 3 heterocycles. The van der Waals surface area contributed by atoms with Crippen molar-refractivity contribution in [3.8, 4) is 5.69 Å². The van der Waals surface area contributed by atoms with E-state index in [0.717, 1.165) is 35.3 Å². The van der Waals surface area contributed by atoms with Crippen LogP contribution in [0, 0.1) is 6.92 Å². The topological polar surface area (TPSA) is 63.1 Å². The summed E-state index contributed by atoms with van der Waals surface area (Å²) in [6, 6.07) is 12.2. The third-order valence-electron chi connectivity index (χ3n) is 5.04. The Hall–Kier alpha value is -2.80. The molecule has 150 valence electrons. The van der Waals surface area contributed by atoms with Crippen molar-refractivity contribution in [2.24, 2.45) is 0 Å². The molecule has 1 aliphatic heterocycles. The van der Waals surface area contributed by atoms with Crippen LogP contribution in [0.1, 0.15) is 24.0 Å². The van der Waals surface area contributed by atoms with Crippen LogP contribution in [0.15, 0.2) is 60.1 Å². The normalized spacial score (nSPS) is 13.6. The number of anilines is 1. The van der Waals surface area contributed by atoms with Gasteiger partial charge in [-0.05, 0) is 49.1 Å². The van der Waals surface area contributed by atoms with Gasteiger partial charge >= 0.3 is 0 Å². The van der Waals surface area contributed by atoms with Gasteiger partial charge in [0.2, 0.25) is 5.91 Å². The number of amides is 1. The van der Waals surface area contributed by atoms with Gasteiger partial charge < -0.3 is 10.2 Å². The number of benzene rings is 1. The lowest BCUT2D eigenvalue weighted by atomic mass is 10.2. The molecule has 2 aromatic heterocycles. The number of hydrogen-bond acceptors (Lipinski definition) is 5. The molecule has 6 nitrogen and oxygen atoms in total. The summed E-state index contributed by atoms with van der Waals surface area (Å²) in [5.74, 6) is 1.32. The first-order valence-electron chi connectivity index (χ1n) is 9.89. The van der Waals surface area contributed by atoms with Gasteiger partial charge in [0.1, 0.15) is 5.82 Å². The maximum atomic E-state index is 12.4. The Morgan fingerprint density at radius 2 is 1.97 bits per heavy atom. The molecule has 7 heteroatoms. The molecule has 0 atom stereocenters. The van der Waals surface area contributed by atoms with E-state index in [0.29, 0.717) is 12.3 Å². The van der Waals surface area contributed by atoms with Crippen molar-refractivity contribution in [2.45, 2.75) is 31.5 Å². The second-order valence-electron chi connectivity index (χ2n) is 7.15. The van der Waals surface area contributed by atoms with Crippen LogP contribution >= 0.6 is 11.8 Å². The predicted octanol–water partition coefficient (Wildman–Crippen LogP) is 3.58. The largest absolute Gasteiger partial charge is 0.357 e. The maximum Gasteiger partial charge on any atom is 0.230 e. The van der Waals surface area contributed by atoms with Crippen molar-refractivity contribution in [1.82, 2.24) is 19.9 Å². The van der Waals surface area contributed by atoms with Gasteiger partial charge in [0.15, 0.2) is 5.16 Å². The molecule has 4 rings (SSSR count). The van der Waals surface area contributed by atoms with E-state index in [1.807, 2.05) is 35.2 Å². The molecule has 1 aromatic carbocycles. The summed E-state index contributed by atoms with van der Waals surface area (Å²) >= 11 is 1.44. The Kier molecular flexibility index (Phi) is 6.14. The standard InChI is InChI=1S/C22H25N5OS/c1-17-6-2-3-7-19(17)27-13-10-24-22(27)29-16-21(28)25-15-18-8-9-23-20(14-18)26-11-4-5-12-26/h2-3,6-10,13-14H,4-5,11-12,15-16H2,1H3,(H,25,28). The Morgan fingerprint density at radius 1 is 1.14 bits per heavy atom. The molecular weight excluding hydrogens is 382 g/mol. The van der Waals surface area contributed by atoms with Crippen LogP contribution in [-0.2, 0) is 11.3 Å². The first-order valence-corrected chi connectivity index (χ1v) is 10.9. The van der Waals surface area contributed by atoms with Crippen LogP contribution in [0.4, 0.5) is 5.82 Å². The SMILES string of the molecule is Cc1ccccc1-n1ccnc1SCC(=O)NCc1ccnc(N2CCCC2)c1. The molecule has 0 unspecified atom stereocenters. The Balaban J connectivity index is 1.32. The summed E-state index contributed by atoms with van der Waals surface area (Å²) in [6.45, 7) is 4.70. The zero-order valence-corrected chi connectivity index (χ0v) is 17.4. The highest BCUT2D eigenvalue weighted by atomic mass is 32.2. The highest BCUT2D eigenvalue weighted by Crippen LogP contribution is 2.22. The van der Waals surface area contributed by atoms with Gasteiger partial charge in [0.05, 0.1) is 11.4 Å². The fraction of sp³-hybridized carbons (Fsp3) is 0.318. The highest BCUT2D eigenvalue weighted by molar-refractivity contribution is 7.99. The average molecular weight is 408 g/mol. The smallest absolute Gasteiger partial charge is 0.230 e. The molecule has 0 radical (unpaired) electrons. The van der Waals surface area contributed by atoms with Gasteiger partial charge in [0.25, 0.3) is 0 Å². The van der Waals surface area contributed by atoms with Gasteiger partial charge in [-0.25, -0.2) is 9.97 Å². The molecule has 1 saturated heterocycles. The minimum atomic E-state index is -0.00568. The number of imidazole rings is 1. The van der Waals surface area contributed by atoms with E-state index in [9.17, 15) is 4.79 Å². The van der Waals surface area contributed by atoms with E-state index >= 15 is 0 Å². The van der Waals surface area contributed by atoms with Gasteiger partial charge in [-0.1, -0.05) is 30.0 Å². The number of nitrogens with zero attached hydrogens (tertiary/aromatic N) is 4. The van der Waals surface area contributed by atoms with Crippen molar-refractivity contribution in [2.75, 3.05) is 23.7 Å². The molecule has 1 amide bonds. The fourth-order valence-corrected chi connectivity index (χ4v) is 4.28. The van der Waals surface area contributed by atoms with Gasteiger partial charge in [-0.3, -0.25) is 9.36 Å². The van der Waals surface area contributed by atoms with Crippen LogP contribution in [0.3, 0.4) is 0 Å². The molecule has 1 fully saturated rings. The molecular formula is C22H25N5OS. The first-order chi connectivity index (χ1) is 14.2. The lowest BCUT2D eigenvalue weighted by Crippen LogP contribution is -2.25. The number of para-hydroxylation sites is 1. The van der Waals surface area contributed by atoms with Crippen molar-refractivity contribution in [3.05, 3.63) is 66.1 Å². The molecule has 1 N–H and O–H groups in total. The second-order valence-corrected chi connectivity index (χ2v) is 8.09. The Labute approximate surface area is 175 Å². The summed E-state index contributed by atoms with van der Waals surface area (Å²) in [4.78, 5) is 23.5. The highest BCUT2D eigenvalue weighted by Gasteiger charge is 2.14. The lowest BCUT2D eigenvalue weighted by molar-refractivity contribution is -0.118. The summed E-state index contributed by atoms with van der Waals surface area (Å²) in [5.41, 5.74) is 3.32. The predicted molar refractivity (Wildman–Crippen MR) is 117 cm³/mol. The number of nitrogens with one attached hydrogen (secondary N) is 1. The molecule has 3 aromatic rings. The number of pyridine rings is 1. The second kappa shape index (κ2) is 9.13. The van der Waals surface area contributed by atoms with E-state index in [-0.39, 0.29) is 5.91 Å². The maximum absolute atomic E-state index is 12.4. The first kappa shape index (κ1) is 19.5. The summed E-state index contributed by atoms with van der Waals surface area (Å²) in [5, 5.41) is 3.82. The van der Waals surface area contributed by atoms with Crippen LogP contribution in [0.25, 0.3) is 5.69 Å². The molecule has 0 saturated carbocycles. The Bertz CT molecular complexity index is 981. The molecule has 1 aliphatic rings. The van der Waals surface area contributed by atoms with E-state index in [2.05, 4.69) is 45.3 Å². The van der Waals surface area contributed by atoms with Crippen LogP contribution in [0.2, 0.25) is 0 Å². The number of rotatable bonds is 7. The quantitative estimate of drug-likeness (QED) is 0.607. The number of hydrogen-bond donors (Lipinski definition) is 1. The summed E-state index contributed by atoms with van der Waals surface area (Å²) < 4.78 is 2.03. The molecule has 0 aliphatic carbocycles. The number of aryl methyl sites for hydroxylation is 1. The zero-order chi connectivity index (χ0) is 20.1. The van der Waals surface area contributed by atoms with Crippen LogP contribution < -0.4 is 10.2 Å². The van der Waals surface area contributed by atoms with Gasteiger partial charge in [-0.2, -0.15) is 0 Å². The number of aromatic nitrogens is 3. The fourth-order valence-electron chi connectivity index (χ4n) is 3.49. The van der Waals surface area contributed by atoms with Gasteiger partial charge in [-0.15, -0.1) is 0 Å². The molecule has 29 heavy (non-hydrogen) atoms. The number of carbonyl (C=O) groups is 1. The summed E-state index contributed by atoms with van der Waals surface area (Å²) in [7, 11) is 0. The van der Waals surface area contributed by atoms with E-state index in [4.69, 9.17) is 0 Å². The molecule has 0 spiro atoms. The van der Waals surface area contributed by atoms with Gasteiger partial charge in [0, 0.05) is 38.2 Å². The minimum Gasteiger partial charge on any atom is -0.357 e. The molecule has 0 bridgehead atoms. The Morgan fingerprint density at radius 3 is 2.79 bits per heavy atom. The number of carbonyl (C=O) groups excluding carboxylic acids is 1. The third kappa shape index (κ3) is 4.79. The van der Waals surface area contributed by atoms with Crippen molar-refractivity contribution in [3.63, 3.8) is 0 Å². The number of thioether (sulfide) groups is 1. The zero-order valence-electron chi connectivity index (χ0n) is 16.5. The lowest BCUT2D eigenvalue weighted by Gasteiger charge is -2.17. The van der Waals surface area contributed by atoms with Crippen LogP contribution in [-0.4, -0.2) is 39.3 Å². The third-order valence-corrected chi connectivity index (χ3v) is 6.01. The van der Waals surface area contributed by atoms with Crippen molar-refractivity contribution >= 4 is 23.5 Å². The average Bonchev–Trinajstić information content (AvgIpc) is 3.43. The minimum absolute atomic E-state index is 0.00568. The van der Waals surface area contributed by atoms with E-state index < -0.39 is 0 Å². The van der Waals surface area contributed by atoms with Crippen molar-refractivity contribution < 1.29 is 4.79 Å².